The second-order valence-electron chi connectivity index (χ2n) is 3.39. The number of allylic oxidation sites excluding steroid dienone is 1. The number of nitrogens with zero attached hydrogens (tertiary/aromatic N) is 1. The lowest BCUT2D eigenvalue weighted by Crippen LogP contribution is -2.16. The molecule has 1 N–H and O–H groups in total. The Balaban J connectivity index is 2.19. The van der Waals surface area contributed by atoms with E-state index in [4.69, 9.17) is 0 Å². The maximum absolute atomic E-state index is 4.33. The number of aliphatic imine (C=N–C) groups is 1. The summed E-state index contributed by atoms with van der Waals surface area (Å²) in [5, 5.41) is 3.23. The molecule has 2 rings (SSSR count). The minimum Gasteiger partial charge on any atom is -0.369 e. The van der Waals surface area contributed by atoms with Gasteiger partial charge in [-0.3, -0.25) is 4.99 Å². The van der Waals surface area contributed by atoms with Crippen LogP contribution in [0.4, 0.5) is 0 Å². The molecule has 0 fully saturated rings. The van der Waals surface area contributed by atoms with Crippen LogP contribution in [0.3, 0.4) is 0 Å². The Morgan fingerprint density at radius 1 is 1.36 bits per heavy atom. The van der Waals surface area contributed by atoms with E-state index in [1.807, 2.05) is 6.07 Å². The first kappa shape index (κ1) is 9.00. The van der Waals surface area contributed by atoms with E-state index in [0.29, 0.717) is 0 Å². The fourth-order valence-electron chi connectivity index (χ4n) is 1.50. The van der Waals surface area contributed by atoms with Crippen LogP contribution in [0.2, 0.25) is 0 Å². The first-order chi connectivity index (χ1) is 6.86. The maximum atomic E-state index is 4.33. The van der Waals surface area contributed by atoms with Gasteiger partial charge >= 0.3 is 0 Å². The SMILES string of the molecule is C/C(=C\C1=NCCN1)c1ccccc1. The van der Waals surface area contributed by atoms with Crippen molar-refractivity contribution in [2.45, 2.75) is 6.92 Å². The molecule has 0 unspecified atom stereocenters. The van der Waals surface area contributed by atoms with E-state index in [0.717, 1.165) is 18.9 Å². The summed E-state index contributed by atoms with van der Waals surface area (Å²) in [6.07, 6.45) is 2.10. The second kappa shape index (κ2) is 4.09. The van der Waals surface area contributed by atoms with E-state index in [-0.39, 0.29) is 0 Å². The van der Waals surface area contributed by atoms with Crippen molar-refractivity contribution in [1.82, 2.24) is 5.32 Å². The average Bonchev–Trinajstić information content (AvgIpc) is 2.72. The van der Waals surface area contributed by atoms with Crippen molar-refractivity contribution in [2.75, 3.05) is 13.1 Å². The molecule has 0 saturated heterocycles. The van der Waals surface area contributed by atoms with Gasteiger partial charge in [-0.1, -0.05) is 30.3 Å². The molecule has 1 aliphatic rings. The molecule has 14 heavy (non-hydrogen) atoms. The van der Waals surface area contributed by atoms with E-state index in [2.05, 4.69) is 47.6 Å². The summed E-state index contributed by atoms with van der Waals surface area (Å²) >= 11 is 0. The molecule has 2 heteroatoms. The molecule has 0 saturated carbocycles. The standard InChI is InChI=1S/C12H14N2/c1-10(9-12-13-7-8-14-12)11-5-3-2-4-6-11/h2-6,9H,7-8H2,1H3,(H,13,14)/b10-9+. The monoisotopic (exact) mass is 186 g/mol. The second-order valence-corrected chi connectivity index (χ2v) is 3.39. The number of hydrogen-bond donors (Lipinski definition) is 1. The molecule has 1 aliphatic heterocycles. The first-order valence-corrected chi connectivity index (χ1v) is 4.88. The van der Waals surface area contributed by atoms with Gasteiger partial charge in [0.2, 0.25) is 0 Å². The summed E-state index contributed by atoms with van der Waals surface area (Å²) in [6.45, 7) is 3.97. The molecule has 0 spiro atoms. The predicted octanol–water partition coefficient (Wildman–Crippen LogP) is 2.09. The summed E-state index contributed by atoms with van der Waals surface area (Å²) in [7, 11) is 0. The van der Waals surface area contributed by atoms with Gasteiger partial charge in [-0.15, -0.1) is 0 Å². The minimum atomic E-state index is 0.897. The maximum Gasteiger partial charge on any atom is 0.121 e. The van der Waals surface area contributed by atoms with E-state index in [1.165, 1.54) is 11.1 Å². The van der Waals surface area contributed by atoms with E-state index in [1.54, 1.807) is 0 Å². The molecule has 0 aliphatic carbocycles. The molecule has 0 radical (unpaired) electrons. The lowest BCUT2D eigenvalue weighted by Gasteiger charge is -2.01. The number of hydrogen-bond acceptors (Lipinski definition) is 2. The largest absolute Gasteiger partial charge is 0.369 e. The highest BCUT2D eigenvalue weighted by molar-refractivity contribution is 5.99. The van der Waals surface area contributed by atoms with Gasteiger partial charge < -0.3 is 5.32 Å². The smallest absolute Gasteiger partial charge is 0.121 e. The molecule has 1 aromatic carbocycles. The number of benzene rings is 1. The molecule has 72 valence electrons. The van der Waals surface area contributed by atoms with Crippen molar-refractivity contribution in [3.05, 3.63) is 42.0 Å². The van der Waals surface area contributed by atoms with Crippen LogP contribution >= 0.6 is 0 Å². The summed E-state index contributed by atoms with van der Waals surface area (Å²) < 4.78 is 0. The van der Waals surface area contributed by atoms with Crippen LogP contribution in [0.1, 0.15) is 12.5 Å². The fraction of sp³-hybridized carbons (Fsp3) is 0.250. The van der Waals surface area contributed by atoms with Gasteiger partial charge in [0.25, 0.3) is 0 Å². The lowest BCUT2D eigenvalue weighted by atomic mass is 10.1. The van der Waals surface area contributed by atoms with Crippen LogP contribution in [0.25, 0.3) is 5.57 Å². The van der Waals surface area contributed by atoms with Crippen molar-refractivity contribution < 1.29 is 0 Å². The average molecular weight is 186 g/mol. The zero-order valence-electron chi connectivity index (χ0n) is 8.33. The first-order valence-electron chi connectivity index (χ1n) is 4.88. The number of nitrogens with one attached hydrogen (secondary N) is 1. The highest BCUT2D eigenvalue weighted by Crippen LogP contribution is 2.12. The van der Waals surface area contributed by atoms with Crippen molar-refractivity contribution >= 4 is 11.4 Å². The Hall–Kier alpha value is -1.57. The van der Waals surface area contributed by atoms with Crippen molar-refractivity contribution in [3.8, 4) is 0 Å². The molecule has 0 aromatic heterocycles. The molecule has 0 atom stereocenters. The van der Waals surface area contributed by atoms with Crippen molar-refractivity contribution in [1.29, 1.82) is 0 Å². The molecular formula is C12H14N2. The van der Waals surface area contributed by atoms with Crippen LogP contribution < -0.4 is 5.32 Å². The van der Waals surface area contributed by atoms with Crippen molar-refractivity contribution in [3.63, 3.8) is 0 Å². The number of amidine groups is 1. The van der Waals surface area contributed by atoms with Crippen LogP contribution in [-0.4, -0.2) is 18.9 Å². The van der Waals surface area contributed by atoms with E-state index in [9.17, 15) is 0 Å². The molecule has 1 aromatic rings. The zero-order chi connectivity index (χ0) is 9.80. The van der Waals surface area contributed by atoms with Gasteiger partial charge in [0.15, 0.2) is 0 Å². The van der Waals surface area contributed by atoms with E-state index >= 15 is 0 Å². The molecule has 0 bridgehead atoms. The number of rotatable bonds is 2. The Kier molecular flexibility index (Phi) is 2.63. The lowest BCUT2D eigenvalue weighted by molar-refractivity contribution is 0.961. The van der Waals surface area contributed by atoms with Gasteiger partial charge in [-0.2, -0.15) is 0 Å². The quantitative estimate of drug-likeness (QED) is 0.751. The fourth-order valence-corrected chi connectivity index (χ4v) is 1.50. The third-order valence-electron chi connectivity index (χ3n) is 2.28. The Morgan fingerprint density at radius 2 is 2.14 bits per heavy atom. The molecule has 0 amide bonds. The zero-order valence-corrected chi connectivity index (χ0v) is 8.33. The minimum absolute atomic E-state index is 0.897. The third kappa shape index (κ3) is 2.02. The normalized spacial score (nSPS) is 16.4. The van der Waals surface area contributed by atoms with Gasteiger partial charge in [0.1, 0.15) is 5.84 Å². The molecular weight excluding hydrogens is 172 g/mol. The van der Waals surface area contributed by atoms with Crippen molar-refractivity contribution in [2.24, 2.45) is 4.99 Å². The highest BCUT2D eigenvalue weighted by atomic mass is 15.1. The summed E-state index contributed by atoms with van der Waals surface area (Å²) in [5.74, 6) is 1.01. The highest BCUT2D eigenvalue weighted by Gasteiger charge is 2.02. The Morgan fingerprint density at radius 3 is 2.79 bits per heavy atom. The van der Waals surface area contributed by atoms with Crippen LogP contribution in [-0.2, 0) is 0 Å². The molecule has 2 nitrogen and oxygen atoms in total. The van der Waals surface area contributed by atoms with Gasteiger partial charge in [-0.05, 0) is 24.1 Å². The third-order valence-corrected chi connectivity index (χ3v) is 2.28. The van der Waals surface area contributed by atoms with Gasteiger partial charge in [-0.25, -0.2) is 0 Å². The Labute approximate surface area is 84.4 Å². The summed E-state index contributed by atoms with van der Waals surface area (Å²) in [6, 6.07) is 10.4. The van der Waals surface area contributed by atoms with Crippen LogP contribution in [0.15, 0.2) is 41.4 Å². The van der Waals surface area contributed by atoms with Crippen LogP contribution in [0, 0.1) is 0 Å². The predicted molar refractivity (Wildman–Crippen MR) is 60.4 cm³/mol. The Bertz CT molecular complexity index is 363. The van der Waals surface area contributed by atoms with Gasteiger partial charge in [0.05, 0.1) is 6.54 Å². The topological polar surface area (TPSA) is 24.4 Å². The van der Waals surface area contributed by atoms with E-state index < -0.39 is 0 Å². The summed E-state index contributed by atoms with van der Waals surface area (Å²) in [4.78, 5) is 4.33. The molecule has 1 heterocycles. The summed E-state index contributed by atoms with van der Waals surface area (Å²) in [5.41, 5.74) is 2.50. The van der Waals surface area contributed by atoms with Gasteiger partial charge in [0, 0.05) is 6.54 Å². The van der Waals surface area contributed by atoms with Crippen LogP contribution in [0.5, 0.6) is 0 Å².